The first-order valence-electron chi connectivity index (χ1n) is 11.1. The molecule has 2 atom stereocenters. The van der Waals surface area contributed by atoms with Gasteiger partial charge in [-0.05, 0) is 63.4 Å². The predicted octanol–water partition coefficient (Wildman–Crippen LogP) is 6.38. The molecular weight excluding hydrogens is 350 g/mol. The Kier molecular flexibility index (Phi) is 10.1. The monoisotopic (exact) mass is 387 g/mol. The van der Waals surface area contributed by atoms with Gasteiger partial charge < -0.3 is 10.3 Å². The highest BCUT2D eigenvalue weighted by molar-refractivity contribution is 5.88. The van der Waals surface area contributed by atoms with Crippen molar-refractivity contribution < 1.29 is 15.1 Å². The molecule has 28 heavy (non-hydrogen) atoms. The maximum absolute atomic E-state index is 10.6. The summed E-state index contributed by atoms with van der Waals surface area (Å²) in [5.41, 5.74) is 3.77. The van der Waals surface area contributed by atoms with Crippen LogP contribution in [0, 0.1) is 18.8 Å². The van der Waals surface area contributed by atoms with E-state index in [1.54, 1.807) is 0 Å². The Balaban J connectivity index is 1.64. The smallest absolute Gasteiger partial charge is 0.303 e. The van der Waals surface area contributed by atoms with Gasteiger partial charge in [-0.25, -0.2) is 0 Å². The highest BCUT2D eigenvalue weighted by Gasteiger charge is 2.32. The Morgan fingerprint density at radius 2 is 1.82 bits per heavy atom. The second kappa shape index (κ2) is 12.6. The molecule has 1 aromatic carbocycles. The molecule has 0 radical (unpaired) electrons. The molecule has 0 bridgehead atoms. The third-order valence-electron chi connectivity index (χ3n) is 6.18. The van der Waals surface area contributed by atoms with Gasteiger partial charge in [-0.2, -0.15) is 0 Å². The third-order valence-corrected chi connectivity index (χ3v) is 6.18. The SMILES string of the molecule is Cc1cccc(CCCCC[C@H]2/C(=N\O)CC[C@@H]2CCCCCCC(=O)O)c1. The maximum atomic E-state index is 10.6. The Morgan fingerprint density at radius 1 is 1.07 bits per heavy atom. The molecule has 156 valence electrons. The predicted molar refractivity (Wildman–Crippen MR) is 114 cm³/mol. The number of nitrogens with zero attached hydrogens (tertiary/aromatic N) is 1. The van der Waals surface area contributed by atoms with E-state index in [-0.39, 0.29) is 6.42 Å². The van der Waals surface area contributed by atoms with Gasteiger partial charge in [0, 0.05) is 12.3 Å². The lowest BCUT2D eigenvalue weighted by Gasteiger charge is -2.19. The number of oxime groups is 1. The van der Waals surface area contributed by atoms with Crippen LogP contribution in [0.25, 0.3) is 0 Å². The van der Waals surface area contributed by atoms with E-state index in [9.17, 15) is 10.0 Å². The Bertz CT molecular complexity index is 626. The minimum Gasteiger partial charge on any atom is -0.481 e. The highest BCUT2D eigenvalue weighted by Crippen LogP contribution is 2.37. The van der Waals surface area contributed by atoms with Crippen LogP contribution in [-0.4, -0.2) is 22.0 Å². The molecule has 1 aliphatic rings. The summed E-state index contributed by atoms with van der Waals surface area (Å²) in [6, 6.07) is 8.78. The Labute approximate surface area is 170 Å². The van der Waals surface area contributed by atoms with E-state index < -0.39 is 5.97 Å². The van der Waals surface area contributed by atoms with Crippen molar-refractivity contribution in [1.29, 1.82) is 0 Å². The first-order chi connectivity index (χ1) is 13.6. The van der Waals surface area contributed by atoms with Crippen molar-refractivity contribution in [1.82, 2.24) is 0 Å². The van der Waals surface area contributed by atoms with E-state index >= 15 is 0 Å². The first kappa shape index (κ1) is 22.4. The lowest BCUT2D eigenvalue weighted by atomic mass is 9.86. The molecule has 0 aliphatic heterocycles. The fourth-order valence-electron chi connectivity index (χ4n) is 4.64. The van der Waals surface area contributed by atoms with Gasteiger partial charge in [-0.3, -0.25) is 4.79 Å². The standard InChI is InChI=1S/C24H37NO3/c1-19-10-9-12-20(18-19)11-5-4-7-14-22-21(16-17-23(22)25-28)13-6-2-3-8-15-24(26)27/h9-10,12,18,21-22,28H,2-8,11,13-17H2,1H3,(H,26,27)/b25-23-/t21-,22+/m0/s1. The number of hydrogen-bond donors (Lipinski definition) is 2. The van der Waals surface area contributed by atoms with E-state index in [1.807, 2.05) is 0 Å². The number of aliphatic carboxylic acids is 1. The quantitative estimate of drug-likeness (QED) is 0.234. The summed E-state index contributed by atoms with van der Waals surface area (Å²) in [5, 5.41) is 21.7. The van der Waals surface area contributed by atoms with Crippen LogP contribution in [0.1, 0.15) is 88.2 Å². The van der Waals surface area contributed by atoms with Gasteiger partial charge in [0.15, 0.2) is 0 Å². The normalized spacial score (nSPS) is 20.7. The number of benzene rings is 1. The van der Waals surface area contributed by atoms with Gasteiger partial charge in [0.1, 0.15) is 0 Å². The van der Waals surface area contributed by atoms with Crippen molar-refractivity contribution in [2.45, 2.75) is 90.4 Å². The van der Waals surface area contributed by atoms with Crippen LogP contribution in [0.15, 0.2) is 29.4 Å². The fourth-order valence-corrected chi connectivity index (χ4v) is 4.64. The van der Waals surface area contributed by atoms with Crippen molar-refractivity contribution in [2.24, 2.45) is 17.0 Å². The first-order valence-corrected chi connectivity index (χ1v) is 11.1. The van der Waals surface area contributed by atoms with Crippen LogP contribution in [0.2, 0.25) is 0 Å². The molecule has 4 heteroatoms. The van der Waals surface area contributed by atoms with Crippen molar-refractivity contribution in [2.75, 3.05) is 0 Å². The van der Waals surface area contributed by atoms with Crippen LogP contribution in [0.3, 0.4) is 0 Å². The van der Waals surface area contributed by atoms with Crippen molar-refractivity contribution >= 4 is 11.7 Å². The van der Waals surface area contributed by atoms with Crippen LogP contribution in [0.5, 0.6) is 0 Å². The molecular formula is C24H37NO3. The van der Waals surface area contributed by atoms with Crippen molar-refractivity contribution in [3.05, 3.63) is 35.4 Å². The van der Waals surface area contributed by atoms with Gasteiger partial charge in [0.25, 0.3) is 0 Å². The molecule has 0 heterocycles. The fraction of sp³-hybridized carbons (Fsp3) is 0.667. The second-order valence-electron chi connectivity index (χ2n) is 8.43. The zero-order valence-corrected chi connectivity index (χ0v) is 17.4. The van der Waals surface area contributed by atoms with Crippen LogP contribution in [-0.2, 0) is 11.2 Å². The number of carboxylic acid groups (broad SMARTS) is 1. The van der Waals surface area contributed by atoms with Gasteiger partial charge >= 0.3 is 5.97 Å². The van der Waals surface area contributed by atoms with Crippen LogP contribution >= 0.6 is 0 Å². The summed E-state index contributed by atoms with van der Waals surface area (Å²) in [5.74, 6) is 0.396. The molecule has 0 spiro atoms. The van der Waals surface area contributed by atoms with Gasteiger partial charge in [-0.1, -0.05) is 67.1 Å². The third kappa shape index (κ3) is 8.04. The second-order valence-corrected chi connectivity index (χ2v) is 8.43. The molecule has 2 N–H and O–H groups in total. The van der Waals surface area contributed by atoms with Gasteiger partial charge in [0.2, 0.25) is 0 Å². The number of aryl methyl sites for hydroxylation is 2. The lowest BCUT2D eigenvalue weighted by molar-refractivity contribution is -0.137. The molecule has 0 saturated heterocycles. The summed E-state index contributed by atoms with van der Waals surface area (Å²) in [7, 11) is 0. The van der Waals surface area contributed by atoms with Crippen LogP contribution < -0.4 is 0 Å². The topological polar surface area (TPSA) is 69.9 Å². The molecule has 4 nitrogen and oxygen atoms in total. The van der Waals surface area contributed by atoms with E-state index in [1.165, 1.54) is 36.8 Å². The molecule has 1 aliphatic carbocycles. The number of unbranched alkanes of at least 4 members (excludes halogenated alkanes) is 5. The zero-order valence-electron chi connectivity index (χ0n) is 17.4. The molecule has 2 rings (SSSR count). The Morgan fingerprint density at radius 3 is 2.57 bits per heavy atom. The Hall–Kier alpha value is -1.84. The van der Waals surface area contributed by atoms with Gasteiger partial charge in [-0.15, -0.1) is 0 Å². The summed E-state index contributed by atoms with van der Waals surface area (Å²) in [4.78, 5) is 10.6. The van der Waals surface area contributed by atoms with E-state index in [0.717, 1.165) is 57.1 Å². The molecule has 0 aromatic heterocycles. The van der Waals surface area contributed by atoms with Crippen molar-refractivity contribution in [3.8, 4) is 0 Å². The van der Waals surface area contributed by atoms with E-state index in [2.05, 4.69) is 36.3 Å². The van der Waals surface area contributed by atoms with E-state index in [0.29, 0.717) is 11.8 Å². The molecule has 0 unspecified atom stereocenters. The number of rotatable bonds is 13. The lowest BCUT2D eigenvalue weighted by Crippen LogP contribution is -2.15. The minimum absolute atomic E-state index is 0.288. The van der Waals surface area contributed by atoms with E-state index in [4.69, 9.17) is 5.11 Å². The molecule has 1 aromatic rings. The van der Waals surface area contributed by atoms with Gasteiger partial charge in [0.05, 0.1) is 5.71 Å². The average molecular weight is 388 g/mol. The summed E-state index contributed by atoms with van der Waals surface area (Å²) >= 11 is 0. The molecule has 0 amide bonds. The largest absolute Gasteiger partial charge is 0.481 e. The number of carboxylic acids is 1. The molecule has 1 saturated carbocycles. The minimum atomic E-state index is -0.693. The summed E-state index contributed by atoms with van der Waals surface area (Å²) < 4.78 is 0. The summed E-state index contributed by atoms with van der Waals surface area (Å²) in [6.45, 7) is 2.14. The average Bonchev–Trinajstić information content (AvgIpc) is 3.06. The number of hydrogen-bond acceptors (Lipinski definition) is 3. The maximum Gasteiger partial charge on any atom is 0.303 e. The molecule has 1 fully saturated rings. The van der Waals surface area contributed by atoms with Crippen molar-refractivity contribution in [3.63, 3.8) is 0 Å². The summed E-state index contributed by atoms with van der Waals surface area (Å²) in [6.07, 6.45) is 13.5. The number of carbonyl (C=O) groups is 1. The zero-order chi connectivity index (χ0) is 20.2. The highest BCUT2D eigenvalue weighted by atomic mass is 16.4. The van der Waals surface area contributed by atoms with Crippen LogP contribution in [0.4, 0.5) is 0 Å².